The van der Waals surface area contributed by atoms with Crippen LogP contribution >= 0.6 is 0 Å². The predicted molar refractivity (Wildman–Crippen MR) is 121 cm³/mol. The number of hydrogen-bond donors (Lipinski definition) is 1. The lowest BCUT2D eigenvalue weighted by Crippen LogP contribution is -2.46. The van der Waals surface area contributed by atoms with E-state index in [4.69, 9.17) is 14.2 Å². The summed E-state index contributed by atoms with van der Waals surface area (Å²) in [6, 6.07) is 0. The highest BCUT2D eigenvalue weighted by Gasteiger charge is 2.46. The van der Waals surface area contributed by atoms with Gasteiger partial charge in [-0.2, -0.15) is 0 Å². The van der Waals surface area contributed by atoms with Crippen molar-refractivity contribution in [2.45, 2.75) is 78.9 Å². The number of rotatable bonds is 12. The maximum absolute atomic E-state index is 12.7. The molecule has 0 aromatic heterocycles. The van der Waals surface area contributed by atoms with Gasteiger partial charge >= 0.3 is 0 Å². The summed E-state index contributed by atoms with van der Waals surface area (Å²) in [6.45, 7) is 10.6. The van der Waals surface area contributed by atoms with Crippen molar-refractivity contribution >= 4 is 5.78 Å². The van der Waals surface area contributed by atoms with E-state index in [0.29, 0.717) is 0 Å². The zero-order valence-electron chi connectivity index (χ0n) is 20.2. The summed E-state index contributed by atoms with van der Waals surface area (Å²) in [5.74, 6) is -0.00360. The molecule has 0 heterocycles. The molecular weight excluding hydrogens is 380 g/mol. The number of allylic oxidation sites excluding steroid dienone is 4. The first-order valence-electron chi connectivity index (χ1n) is 11.1. The van der Waals surface area contributed by atoms with Crippen LogP contribution < -0.4 is 0 Å². The Hall–Kier alpha value is -1.59. The molecule has 0 bridgehead atoms. The topological polar surface area (TPSA) is 65.0 Å². The largest absolute Gasteiger partial charge is 0.494 e. The fraction of sp³-hybridized carbons (Fsp3) is 0.720. The minimum absolute atomic E-state index is 0.0994. The molecule has 0 fully saturated rings. The normalized spacial score (nSPS) is 24.5. The van der Waals surface area contributed by atoms with Gasteiger partial charge in [-0.3, -0.25) is 4.79 Å². The maximum Gasteiger partial charge on any atom is 0.204 e. The quantitative estimate of drug-likeness (QED) is 0.438. The van der Waals surface area contributed by atoms with Gasteiger partial charge in [-0.1, -0.05) is 50.5 Å². The highest BCUT2D eigenvalue weighted by molar-refractivity contribution is 5.97. The van der Waals surface area contributed by atoms with Gasteiger partial charge in [-0.25, -0.2) is 0 Å². The lowest BCUT2D eigenvalue weighted by atomic mass is 9.75. The molecule has 5 heteroatoms. The molecule has 4 unspecified atom stereocenters. The van der Waals surface area contributed by atoms with Gasteiger partial charge in [-0.15, -0.1) is 0 Å². The summed E-state index contributed by atoms with van der Waals surface area (Å²) >= 11 is 0. The number of aliphatic hydroxyl groups is 1. The molecule has 30 heavy (non-hydrogen) atoms. The molecule has 0 aromatic carbocycles. The van der Waals surface area contributed by atoms with Gasteiger partial charge in [0.05, 0.1) is 20.3 Å². The van der Waals surface area contributed by atoms with Gasteiger partial charge in [0, 0.05) is 18.9 Å². The molecule has 0 spiro atoms. The molecule has 1 aliphatic carbocycles. The molecule has 0 saturated carbocycles. The van der Waals surface area contributed by atoms with Crippen LogP contribution in [0.25, 0.3) is 0 Å². The van der Waals surface area contributed by atoms with Crippen LogP contribution in [-0.2, 0) is 19.0 Å². The Morgan fingerprint density at radius 1 is 1.10 bits per heavy atom. The summed E-state index contributed by atoms with van der Waals surface area (Å²) in [7, 11) is 4.47. The molecule has 0 aliphatic heterocycles. The van der Waals surface area contributed by atoms with Gasteiger partial charge < -0.3 is 19.3 Å². The number of aliphatic hydroxyl groups excluding tert-OH is 1. The minimum atomic E-state index is -0.963. The summed E-state index contributed by atoms with van der Waals surface area (Å²) < 4.78 is 16.2. The number of carbonyl (C=O) groups excluding carboxylic acids is 1. The molecule has 4 atom stereocenters. The zero-order valence-corrected chi connectivity index (χ0v) is 20.2. The van der Waals surface area contributed by atoms with Crippen LogP contribution in [0.15, 0.2) is 34.8 Å². The zero-order chi connectivity index (χ0) is 22.8. The first-order chi connectivity index (χ1) is 14.2. The van der Waals surface area contributed by atoms with Gasteiger partial charge in [0.15, 0.2) is 5.76 Å². The smallest absolute Gasteiger partial charge is 0.204 e. The minimum Gasteiger partial charge on any atom is -0.494 e. The number of methoxy groups -OCH3 is 3. The highest BCUT2D eigenvalue weighted by atomic mass is 16.5. The second kappa shape index (κ2) is 13.0. The van der Waals surface area contributed by atoms with Gasteiger partial charge in [0.1, 0.15) is 6.10 Å². The summed E-state index contributed by atoms with van der Waals surface area (Å²) in [5, 5.41) is 10.9. The van der Waals surface area contributed by atoms with Crippen molar-refractivity contribution in [1.29, 1.82) is 0 Å². The van der Waals surface area contributed by atoms with E-state index in [1.54, 1.807) is 14.0 Å². The van der Waals surface area contributed by atoms with Crippen LogP contribution in [0.2, 0.25) is 0 Å². The van der Waals surface area contributed by atoms with Crippen LogP contribution in [0.3, 0.4) is 0 Å². The molecule has 0 amide bonds. The van der Waals surface area contributed by atoms with Crippen LogP contribution in [0.4, 0.5) is 0 Å². The average molecular weight is 423 g/mol. The fourth-order valence-electron chi connectivity index (χ4n) is 4.10. The van der Waals surface area contributed by atoms with Crippen molar-refractivity contribution in [3.05, 3.63) is 34.8 Å². The van der Waals surface area contributed by atoms with E-state index in [1.807, 2.05) is 6.08 Å². The Morgan fingerprint density at radius 3 is 2.30 bits per heavy atom. The van der Waals surface area contributed by atoms with Crippen LogP contribution in [-0.4, -0.2) is 44.4 Å². The number of ether oxygens (including phenoxy) is 3. The van der Waals surface area contributed by atoms with E-state index in [-0.39, 0.29) is 17.3 Å². The third-order valence-electron chi connectivity index (χ3n) is 5.98. The SMILES string of the molecule is COC1=C(OC)C(O)C(C(C=C(C)CCC=C(C)CCCC(C)C)OC)C(C)C1=O. The fourth-order valence-corrected chi connectivity index (χ4v) is 4.10. The molecule has 0 radical (unpaired) electrons. The van der Waals surface area contributed by atoms with E-state index < -0.39 is 24.0 Å². The number of ketones is 1. The van der Waals surface area contributed by atoms with Crippen molar-refractivity contribution in [2.24, 2.45) is 17.8 Å². The monoisotopic (exact) mass is 422 g/mol. The molecule has 0 aromatic rings. The standard InChI is InChI=1S/C25H42O5/c1-16(2)11-9-12-17(3)13-10-14-18(4)15-20(28-6)21-19(5)22(26)24(29-7)25(30-8)23(21)27/h13,15-16,19-21,23,27H,9-12,14H2,1-8H3. The predicted octanol–water partition coefficient (Wildman–Crippen LogP) is 5.20. The van der Waals surface area contributed by atoms with Gasteiger partial charge in [0.25, 0.3) is 0 Å². The van der Waals surface area contributed by atoms with E-state index in [9.17, 15) is 9.90 Å². The second-order valence-electron chi connectivity index (χ2n) is 8.87. The first-order valence-corrected chi connectivity index (χ1v) is 11.1. The molecule has 1 rings (SSSR count). The first kappa shape index (κ1) is 26.4. The Balaban J connectivity index is 2.82. The Kier molecular flexibility index (Phi) is 11.4. The molecule has 0 saturated heterocycles. The summed E-state index contributed by atoms with van der Waals surface area (Å²) in [6.07, 6.45) is 8.56. The molecule has 172 valence electrons. The summed E-state index contributed by atoms with van der Waals surface area (Å²) in [5.41, 5.74) is 2.62. The van der Waals surface area contributed by atoms with Gasteiger partial charge in [0.2, 0.25) is 11.5 Å². The second-order valence-corrected chi connectivity index (χ2v) is 8.87. The Bertz CT molecular complexity index is 644. The third-order valence-corrected chi connectivity index (χ3v) is 5.98. The molecule has 5 nitrogen and oxygen atoms in total. The van der Waals surface area contributed by atoms with E-state index in [2.05, 4.69) is 33.8 Å². The van der Waals surface area contributed by atoms with Crippen LogP contribution in [0, 0.1) is 17.8 Å². The Labute approximate surface area is 183 Å². The number of Topliss-reactive ketones (excluding diaryl/α,β-unsaturated/α-hetero) is 1. The lowest BCUT2D eigenvalue weighted by Gasteiger charge is -2.37. The Morgan fingerprint density at radius 2 is 1.77 bits per heavy atom. The van der Waals surface area contributed by atoms with Gasteiger partial charge in [-0.05, 0) is 45.4 Å². The van der Waals surface area contributed by atoms with Crippen molar-refractivity contribution in [3.8, 4) is 0 Å². The van der Waals surface area contributed by atoms with E-state index in [1.165, 1.54) is 38.2 Å². The van der Waals surface area contributed by atoms with E-state index in [0.717, 1.165) is 25.2 Å². The summed E-state index contributed by atoms with van der Waals surface area (Å²) in [4.78, 5) is 12.7. The number of carbonyl (C=O) groups is 1. The van der Waals surface area contributed by atoms with Crippen LogP contribution in [0.5, 0.6) is 0 Å². The van der Waals surface area contributed by atoms with Crippen molar-refractivity contribution in [2.75, 3.05) is 21.3 Å². The molecule has 1 aliphatic rings. The maximum atomic E-state index is 12.7. The van der Waals surface area contributed by atoms with Crippen LogP contribution in [0.1, 0.15) is 66.7 Å². The average Bonchev–Trinajstić information content (AvgIpc) is 2.69. The van der Waals surface area contributed by atoms with Crippen molar-refractivity contribution in [1.82, 2.24) is 0 Å². The van der Waals surface area contributed by atoms with Crippen molar-refractivity contribution < 1.29 is 24.1 Å². The number of hydrogen-bond acceptors (Lipinski definition) is 5. The third kappa shape index (κ3) is 7.28. The molecular formula is C25H42O5. The van der Waals surface area contributed by atoms with Crippen molar-refractivity contribution in [3.63, 3.8) is 0 Å². The molecule has 1 N–H and O–H groups in total. The van der Waals surface area contributed by atoms with E-state index >= 15 is 0 Å². The highest BCUT2D eigenvalue weighted by Crippen LogP contribution is 2.36. The lowest BCUT2D eigenvalue weighted by molar-refractivity contribution is -0.132.